The van der Waals surface area contributed by atoms with Crippen LogP contribution >= 0.6 is 0 Å². The summed E-state index contributed by atoms with van der Waals surface area (Å²) in [7, 11) is -0.405. The molecule has 0 N–H and O–H groups in total. The molecule has 0 radical (unpaired) electrons. The van der Waals surface area contributed by atoms with Gasteiger partial charge in [0.25, 0.3) is 0 Å². The molecule has 0 bridgehead atoms. The van der Waals surface area contributed by atoms with E-state index >= 15 is 0 Å². The van der Waals surface area contributed by atoms with Crippen molar-refractivity contribution < 1.29 is 13.7 Å². The lowest BCUT2D eigenvalue weighted by atomic mass is 9.78. The smallest absolute Gasteiger partial charge is 0.461 e. The van der Waals surface area contributed by atoms with Crippen molar-refractivity contribution in [3.8, 4) is 5.69 Å². The van der Waals surface area contributed by atoms with Crippen molar-refractivity contribution in [1.29, 1.82) is 0 Å². The highest BCUT2D eigenvalue weighted by Crippen LogP contribution is 2.39. The summed E-state index contributed by atoms with van der Waals surface area (Å²) >= 11 is 0. The normalized spacial score (nSPS) is 17.2. The molecule has 1 aliphatic heterocycles. The minimum Gasteiger partial charge on any atom is -0.461 e. The van der Waals surface area contributed by atoms with Crippen LogP contribution in [-0.2, 0) is 9.31 Å². The molecule has 4 nitrogen and oxygen atoms in total. The van der Waals surface area contributed by atoms with Crippen molar-refractivity contribution in [3.63, 3.8) is 0 Å². The molecule has 3 heterocycles. The lowest BCUT2D eigenvalue weighted by Gasteiger charge is -2.32. The van der Waals surface area contributed by atoms with E-state index in [0.717, 1.165) is 44.5 Å². The molecule has 1 saturated heterocycles. The van der Waals surface area contributed by atoms with Crippen molar-refractivity contribution in [2.45, 2.75) is 45.8 Å². The highest BCUT2D eigenvalue weighted by Gasteiger charge is 2.51. The standard InChI is InChI=1S/C31H30BNO3/c1-7-8-12-22-20(2)34-28-16-11-15-27(29(22)28)33-25-14-10-9-13-23(25)24-19-21(17-18-26(24)33)32-35-30(3,4)31(5,6)36-32/h7-19H,1H2,2-6H3/b12-8-. The first-order chi connectivity index (χ1) is 17.2. The maximum Gasteiger partial charge on any atom is 0.494 e. The van der Waals surface area contributed by atoms with E-state index < -0.39 is 7.12 Å². The van der Waals surface area contributed by atoms with Gasteiger partial charge in [0.1, 0.15) is 11.3 Å². The topological polar surface area (TPSA) is 36.5 Å². The van der Waals surface area contributed by atoms with E-state index in [1.165, 1.54) is 10.8 Å². The molecule has 1 aliphatic rings. The number of benzene rings is 3. The van der Waals surface area contributed by atoms with Crippen molar-refractivity contribution >= 4 is 51.4 Å². The Morgan fingerprint density at radius 3 is 2.33 bits per heavy atom. The summed E-state index contributed by atoms with van der Waals surface area (Å²) in [5, 5.41) is 3.44. The second-order valence-electron chi connectivity index (χ2n) is 10.5. The van der Waals surface area contributed by atoms with E-state index in [4.69, 9.17) is 13.7 Å². The molecule has 1 fully saturated rings. The Morgan fingerprint density at radius 1 is 0.861 bits per heavy atom. The van der Waals surface area contributed by atoms with Gasteiger partial charge in [0, 0.05) is 16.3 Å². The van der Waals surface area contributed by atoms with Crippen LogP contribution in [-0.4, -0.2) is 22.9 Å². The van der Waals surface area contributed by atoms with Gasteiger partial charge in [0.15, 0.2) is 0 Å². The average molecular weight is 475 g/mol. The zero-order valence-corrected chi connectivity index (χ0v) is 21.5. The summed E-state index contributed by atoms with van der Waals surface area (Å²) in [6.07, 6.45) is 5.82. The number of rotatable bonds is 4. The molecule has 0 atom stereocenters. The maximum absolute atomic E-state index is 6.36. The molecule has 180 valence electrons. The lowest BCUT2D eigenvalue weighted by Crippen LogP contribution is -2.41. The van der Waals surface area contributed by atoms with Crippen LogP contribution in [0.25, 0.3) is 44.5 Å². The van der Waals surface area contributed by atoms with Crippen LogP contribution in [0.4, 0.5) is 0 Å². The Labute approximate surface area is 211 Å². The number of aromatic nitrogens is 1. The zero-order chi connectivity index (χ0) is 25.2. The van der Waals surface area contributed by atoms with Gasteiger partial charge in [0.05, 0.1) is 33.3 Å². The van der Waals surface area contributed by atoms with E-state index in [1.54, 1.807) is 6.08 Å². The van der Waals surface area contributed by atoms with Crippen LogP contribution in [0.2, 0.25) is 0 Å². The number of furan rings is 1. The Kier molecular flexibility index (Phi) is 5.08. The largest absolute Gasteiger partial charge is 0.494 e. The van der Waals surface area contributed by atoms with Crippen molar-refractivity contribution in [2.24, 2.45) is 0 Å². The number of para-hydroxylation sites is 1. The fourth-order valence-electron chi connectivity index (χ4n) is 5.20. The highest BCUT2D eigenvalue weighted by atomic mass is 16.7. The molecule has 36 heavy (non-hydrogen) atoms. The van der Waals surface area contributed by atoms with Gasteiger partial charge in [0.2, 0.25) is 0 Å². The molecule has 0 saturated carbocycles. The molecule has 0 aliphatic carbocycles. The molecule has 0 spiro atoms. The monoisotopic (exact) mass is 475 g/mol. The Morgan fingerprint density at radius 2 is 1.58 bits per heavy atom. The molecule has 0 amide bonds. The summed E-state index contributed by atoms with van der Waals surface area (Å²) in [6, 6.07) is 21.3. The first-order valence-electron chi connectivity index (χ1n) is 12.4. The predicted octanol–water partition coefficient (Wildman–Crippen LogP) is 7.34. The number of hydrogen-bond donors (Lipinski definition) is 0. The van der Waals surface area contributed by atoms with Crippen molar-refractivity contribution in [2.75, 3.05) is 0 Å². The number of allylic oxidation sites excluding steroid dienone is 2. The highest BCUT2D eigenvalue weighted by molar-refractivity contribution is 6.62. The third-order valence-corrected chi connectivity index (χ3v) is 7.78. The Bertz CT molecular complexity index is 1670. The molecule has 6 rings (SSSR count). The minimum absolute atomic E-state index is 0.384. The summed E-state index contributed by atoms with van der Waals surface area (Å²) in [5.41, 5.74) is 5.55. The Hall–Kier alpha value is -3.54. The number of aryl methyl sites for hydroxylation is 1. The first kappa shape index (κ1) is 22.9. The van der Waals surface area contributed by atoms with Gasteiger partial charge in [-0.15, -0.1) is 0 Å². The average Bonchev–Trinajstić information content (AvgIpc) is 3.42. The van der Waals surface area contributed by atoms with Crippen LogP contribution in [0.3, 0.4) is 0 Å². The fraction of sp³-hybridized carbons (Fsp3) is 0.226. The van der Waals surface area contributed by atoms with Gasteiger partial charge in [-0.25, -0.2) is 0 Å². The van der Waals surface area contributed by atoms with Crippen molar-refractivity contribution in [3.05, 3.63) is 90.7 Å². The second kappa shape index (κ2) is 7.99. The third-order valence-electron chi connectivity index (χ3n) is 7.78. The molecule has 3 aromatic carbocycles. The van der Waals surface area contributed by atoms with E-state index in [0.29, 0.717) is 0 Å². The van der Waals surface area contributed by atoms with Gasteiger partial charge in [-0.1, -0.05) is 61.2 Å². The molecule has 2 aromatic heterocycles. The first-order valence-corrected chi connectivity index (χ1v) is 12.4. The number of nitrogens with zero attached hydrogens (tertiary/aromatic N) is 1. The quantitative estimate of drug-likeness (QED) is 0.202. The van der Waals surface area contributed by atoms with Gasteiger partial charge in [-0.3, -0.25) is 0 Å². The minimum atomic E-state index is -0.405. The summed E-state index contributed by atoms with van der Waals surface area (Å²) in [4.78, 5) is 0. The van der Waals surface area contributed by atoms with Crippen LogP contribution in [0.1, 0.15) is 39.0 Å². The molecule has 5 aromatic rings. The van der Waals surface area contributed by atoms with E-state index in [1.807, 2.05) is 19.1 Å². The maximum atomic E-state index is 6.36. The molecule has 5 heteroatoms. The lowest BCUT2D eigenvalue weighted by molar-refractivity contribution is 0.00578. The van der Waals surface area contributed by atoms with Gasteiger partial charge >= 0.3 is 7.12 Å². The van der Waals surface area contributed by atoms with Crippen LogP contribution in [0.5, 0.6) is 0 Å². The van der Waals surface area contributed by atoms with Crippen molar-refractivity contribution in [1.82, 2.24) is 4.57 Å². The summed E-state index contributed by atoms with van der Waals surface area (Å²) < 4.78 is 21.2. The zero-order valence-electron chi connectivity index (χ0n) is 21.5. The molecular formula is C31H30BNO3. The van der Waals surface area contributed by atoms with Gasteiger partial charge in [-0.2, -0.15) is 0 Å². The number of hydrogen-bond acceptors (Lipinski definition) is 3. The van der Waals surface area contributed by atoms with Crippen LogP contribution in [0, 0.1) is 6.92 Å². The van der Waals surface area contributed by atoms with Gasteiger partial charge in [-0.05, 0) is 64.3 Å². The predicted molar refractivity (Wildman–Crippen MR) is 150 cm³/mol. The van der Waals surface area contributed by atoms with Crippen LogP contribution in [0.15, 0.2) is 83.8 Å². The fourth-order valence-corrected chi connectivity index (χ4v) is 5.20. The summed E-state index contributed by atoms with van der Waals surface area (Å²) in [6.45, 7) is 14.2. The van der Waals surface area contributed by atoms with E-state index in [2.05, 4.69) is 99.5 Å². The van der Waals surface area contributed by atoms with Gasteiger partial charge < -0.3 is 18.3 Å². The SMILES string of the molecule is C=C/C=C\c1c(C)oc2cccc(-n3c4ccccc4c4cc(B5OC(C)(C)C(C)(C)O5)ccc43)c12. The second-order valence-corrected chi connectivity index (χ2v) is 10.5. The Balaban J connectivity index is 1.61. The molecule has 0 unspecified atom stereocenters. The van der Waals surface area contributed by atoms with E-state index in [9.17, 15) is 0 Å². The third kappa shape index (κ3) is 3.30. The van der Waals surface area contributed by atoms with E-state index in [-0.39, 0.29) is 11.2 Å². The number of fused-ring (bicyclic) bond motifs is 4. The summed E-state index contributed by atoms with van der Waals surface area (Å²) in [5.74, 6) is 0.888. The molecular weight excluding hydrogens is 445 g/mol. The van der Waals surface area contributed by atoms with Crippen LogP contribution < -0.4 is 5.46 Å².